The molecule has 1 aliphatic heterocycles. The molecule has 0 spiro atoms. The third kappa shape index (κ3) is 4.41. The SMILES string of the molecule is CC1=c2ccc([nH]2)=C(c2ccccc2)c2ccc([nH]2)C(c2ccccc2)=c2ccc([nH]2)=C(c2ccccc2)c2ccc1[nH]2. The molecule has 8 bridgehead atoms. The van der Waals surface area contributed by atoms with Crippen molar-refractivity contribution in [1.82, 2.24) is 19.9 Å². The molecule has 0 unspecified atom stereocenters. The molecule has 0 fully saturated rings. The number of hydrogen-bond acceptors (Lipinski definition) is 0. The van der Waals surface area contributed by atoms with Crippen LogP contribution in [0.15, 0.2) is 140 Å². The van der Waals surface area contributed by atoms with E-state index in [1.54, 1.807) is 0 Å². The first-order valence-electron chi connectivity index (χ1n) is 14.6. The Kier molecular flexibility index (Phi) is 5.97. The molecule has 206 valence electrons. The van der Waals surface area contributed by atoms with Gasteiger partial charge in [-0.05, 0) is 77.7 Å². The summed E-state index contributed by atoms with van der Waals surface area (Å²) in [4.78, 5) is 15.1. The molecule has 4 N–H and O–H groups in total. The van der Waals surface area contributed by atoms with Crippen molar-refractivity contribution in [2.45, 2.75) is 6.92 Å². The van der Waals surface area contributed by atoms with Crippen LogP contribution in [0.5, 0.6) is 0 Å². The van der Waals surface area contributed by atoms with Crippen molar-refractivity contribution < 1.29 is 0 Å². The van der Waals surface area contributed by atoms with Crippen LogP contribution >= 0.6 is 0 Å². The molecule has 43 heavy (non-hydrogen) atoms. The highest BCUT2D eigenvalue weighted by Gasteiger charge is 2.16. The fourth-order valence-corrected chi connectivity index (χ4v) is 6.22. The van der Waals surface area contributed by atoms with Gasteiger partial charge in [-0.3, -0.25) is 0 Å². The van der Waals surface area contributed by atoms with E-state index >= 15 is 0 Å². The molecule has 0 saturated heterocycles. The predicted octanol–water partition coefficient (Wildman–Crippen LogP) is 5.27. The summed E-state index contributed by atoms with van der Waals surface area (Å²) in [7, 11) is 0. The van der Waals surface area contributed by atoms with Crippen molar-refractivity contribution in [3.05, 3.63) is 200 Å². The van der Waals surface area contributed by atoms with Gasteiger partial charge < -0.3 is 19.9 Å². The highest BCUT2D eigenvalue weighted by Crippen LogP contribution is 2.26. The summed E-state index contributed by atoms with van der Waals surface area (Å²) < 4.78 is 0. The molecule has 4 heteroatoms. The average Bonchev–Trinajstić information content (AvgIpc) is 3.88. The molecule has 0 saturated carbocycles. The molecule has 1 aliphatic rings. The fourth-order valence-electron chi connectivity index (χ4n) is 6.22. The zero-order chi connectivity index (χ0) is 28.8. The highest BCUT2D eigenvalue weighted by atomic mass is 14.8. The largest absolute Gasteiger partial charge is 0.355 e. The van der Waals surface area contributed by atoms with Crippen LogP contribution in [0.4, 0.5) is 0 Å². The summed E-state index contributed by atoms with van der Waals surface area (Å²) in [6, 6.07) is 49.3. The molecule has 3 aromatic carbocycles. The van der Waals surface area contributed by atoms with Crippen molar-refractivity contribution in [1.29, 1.82) is 0 Å². The van der Waals surface area contributed by atoms with E-state index in [-0.39, 0.29) is 0 Å². The summed E-state index contributed by atoms with van der Waals surface area (Å²) in [5, 5.41) is 4.25. The summed E-state index contributed by atoms with van der Waals surface area (Å²) in [6.07, 6.45) is 0. The van der Waals surface area contributed by atoms with Gasteiger partial charge in [0.05, 0.1) is 0 Å². The second kappa shape index (κ2) is 10.3. The lowest BCUT2D eigenvalue weighted by molar-refractivity contribution is 1.18. The molecule has 0 amide bonds. The molecule has 5 heterocycles. The maximum atomic E-state index is 3.81. The Morgan fingerprint density at radius 1 is 0.302 bits per heavy atom. The van der Waals surface area contributed by atoms with E-state index in [1.807, 2.05) is 0 Å². The molecule has 8 rings (SSSR count). The normalized spacial score (nSPS) is 13.0. The number of hydrogen-bond donors (Lipinski definition) is 4. The van der Waals surface area contributed by atoms with Gasteiger partial charge in [0.1, 0.15) is 0 Å². The van der Waals surface area contributed by atoms with Gasteiger partial charge in [-0.25, -0.2) is 0 Å². The third-order valence-corrected chi connectivity index (χ3v) is 8.36. The van der Waals surface area contributed by atoms with Crippen LogP contribution in [0.2, 0.25) is 0 Å². The number of H-pyrrole nitrogens is 4. The summed E-state index contributed by atoms with van der Waals surface area (Å²) in [5.41, 5.74) is 12.2. The van der Waals surface area contributed by atoms with Gasteiger partial charge in [0.15, 0.2) is 0 Å². The van der Waals surface area contributed by atoms with Crippen LogP contribution in [0.25, 0.3) is 22.3 Å². The summed E-state index contributed by atoms with van der Waals surface area (Å²) in [6.45, 7) is 2.17. The predicted molar refractivity (Wildman–Crippen MR) is 174 cm³/mol. The van der Waals surface area contributed by atoms with E-state index in [2.05, 4.69) is 166 Å². The minimum absolute atomic E-state index is 1.05. The van der Waals surface area contributed by atoms with Crippen molar-refractivity contribution in [2.24, 2.45) is 0 Å². The number of aromatic nitrogens is 4. The van der Waals surface area contributed by atoms with Crippen LogP contribution in [-0.4, -0.2) is 19.9 Å². The second-order valence-electron chi connectivity index (χ2n) is 11.0. The number of benzene rings is 3. The summed E-state index contributed by atoms with van der Waals surface area (Å²) >= 11 is 0. The van der Waals surface area contributed by atoms with E-state index in [0.29, 0.717) is 0 Å². The van der Waals surface area contributed by atoms with Crippen LogP contribution in [0.3, 0.4) is 0 Å². The number of fused-ring (bicyclic) bond motifs is 8. The Morgan fingerprint density at radius 3 is 1.05 bits per heavy atom. The standard InChI is InChI=1S/C39H30N4/c1-25-29-17-19-31(40-29)37(26-11-5-2-6-12-26)33-21-23-35(42-33)39(28-15-9-4-10-16-28)36-24-22-34(43-36)38(27-13-7-3-8-14-27)32-20-18-30(25)41-32/h2-24,40-43H,1H3. The van der Waals surface area contributed by atoms with E-state index in [1.165, 1.54) is 0 Å². The minimum atomic E-state index is 1.05. The highest BCUT2D eigenvalue weighted by molar-refractivity contribution is 5.83. The molecular weight excluding hydrogens is 524 g/mol. The molecular formula is C39H30N4. The van der Waals surface area contributed by atoms with E-state index in [9.17, 15) is 0 Å². The van der Waals surface area contributed by atoms with Crippen molar-refractivity contribution in [3.63, 3.8) is 0 Å². The van der Waals surface area contributed by atoms with Crippen molar-refractivity contribution in [2.75, 3.05) is 0 Å². The van der Waals surface area contributed by atoms with Gasteiger partial charge in [-0.15, -0.1) is 0 Å². The monoisotopic (exact) mass is 554 g/mol. The van der Waals surface area contributed by atoms with E-state index in [0.717, 1.165) is 83.2 Å². The Balaban J connectivity index is 1.52. The van der Waals surface area contributed by atoms with E-state index < -0.39 is 0 Å². The Labute approximate surface area is 249 Å². The van der Waals surface area contributed by atoms with Gasteiger partial charge in [-0.2, -0.15) is 0 Å². The second-order valence-corrected chi connectivity index (χ2v) is 11.0. The van der Waals surface area contributed by atoms with Crippen LogP contribution in [-0.2, 0) is 0 Å². The molecule has 0 radical (unpaired) electrons. The minimum Gasteiger partial charge on any atom is -0.355 e. The molecule has 0 atom stereocenters. The van der Waals surface area contributed by atoms with Crippen molar-refractivity contribution in [3.8, 4) is 0 Å². The number of aromatic amines is 4. The Bertz CT molecular complexity index is 2330. The quantitative estimate of drug-likeness (QED) is 0.230. The molecule has 7 aromatic rings. The van der Waals surface area contributed by atoms with Crippen LogP contribution in [0.1, 0.15) is 46.4 Å². The molecule has 4 nitrogen and oxygen atoms in total. The van der Waals surface area contributed by atoms with Gasteiger partial charge in [0, 0.05) is 60.9 Å². The van der Waals surface area contributed by atoms with E-state index in [4.69, 9.17) is 0 Å². The average molecular weight is 555 g/mol. The van der Waals surface area contributed by atoms with Gasteiger partial charge in [0.25, 0.3) is 0 Å². The van der Waals surface area contributed by atoms with Crippen LogP contribution < -0.4 is 21.4 Å². The van der Waals surface area contributed by atoms with Crippen molar-refractivity contribution >= 4 is 22.3 Å². The topological polar surface area (TPSA) is 63.2 Å². The van der Waals surface area contributed by atoms with Gasteiger partial charge >= 0.3 is 0 Å². The Morgan fingerprint density at radius 2 is 0.628 bits per heavy atom. The summed E-state index contributed by atoms with van der Waals surface area (Å²) in [5.74, 6) is 0. The molecule has 0 aliphatic carbocycles. The lowest BCUT2D eigenvalue weighted by Crippen LogP contribution is -2.18. The lowest BCUT2D eigenvalue weighted by atomic mass is 10.0. The maximum Gasteiger partial charge on any atom is 0.0485 e. The third-order valence-electron chi connectivity index (χ3n) is 8.36. The lowest BCUT2D eigenvalue weighted by Gasteiger charge is -2.09. The maximum absolute atomic E-state index is 3.81. The first-order valence-corrected chi connectivity index (χ1v) is 14.6. The van der Waals surface area contributed by atoms with Crippen LogP contribution in [0, 0.1) is 0 Å². The zero-order valence-corrected chi connectivity index (χ0v) is 23.8. The molecule has 4 aromatic heterocycles. The number of nitrogens with one attached hydrogen (secondary N) is 4. The zero-order valence-electron chi connectivity index (χ0n) is 23.8. The Hall–Kier alpha value is -5.74. The first-order chi connectivity index (χ1) is 21.2. The number of rotatable bonds is 3. The van der Waals surface area contributed by atoms with Gasteiger partial charge in [0.2, 0.25) is 0 Å². The fraction of sp³-hybridized carbons (Fsp3) is 0.0256. The first kappa shape index (κ1) is 25.0. The smallest absolute Gasteiger partial charge is 0.0485 e. The van der Waals surface area contributed by atoms with Gasteiger partial charge in [-0.1, -0.05) is 91.0 Å².